The highest BCUT2D eigenvalue weighted by atomic mass is 32.2. The lowest BCUT2D eigenvalue weighted by Gasteiger charge is -2.36. The topological polar surface area (TPSA) is 132 Å². The molecule has 4 atom stereocenters. The Morgan fingerprint density at radius 1 is 1.06 bits per heavy atom. The number of carbonyl (C=O) groups excluding carboxylic acids is 4. The van der Waals surface area contributed by atoms with Gasteiger partial charge in [0.05, 0.1) is 13.0 Å². The average molecular weight is 524 g/mol. The number of rotatable bonds is 9. The van der Waals surface area contributed by atoms with Gasteiger partial charge in [0.1, 0.15) is 18.2 Å². The number of nitrogens with one attached hydrogen (secondary N) is 3. The number of hydrogen-bond donors (Lipinski definition) is 3. The highest BCUT2D eigenvalue weighted by Gasteiger charge is 2.39. The Balaban J connectivity index is 1.96. The van der Waals surface area contributed by atoms with Crippen molar-refractivity contribution in [2.24, 2.45) is 5.92 Å². The molecule has 0 unspecified atom stereocenters. The van der Waals surface area contributed by atoms with E-state index in [-0.39, 0.29) is 19.1 Å². The molecule has 3 N–H and O–H groups in total. The smallest absolute Gasteiger partial charge is 0.408 e. The van der Waals surface area contributed by atoms with Crippen molar-refractivity contribution in [3.8, 4) is 0 Å². The predicted octanol–water partition coefficient (Wildman–Crippen LogP) is 3.00. The summed E-state index contributed by atoms with van der Waals surface area (Å²) in [5.74, 6) is -1.23. The molecule has 200 valence electrons. The summed E-state index contributed by atoms with van der Waals surface area (Å²) < 4.78 is 15.5. The van der Waals surface area contributed by atoms with Gasteiger partial charge in [-0.25, -0.2) is 9.59 Å². The van der Waals surface area contributed by atoms with E-state index >= 15 is 0 Å². The molecule has 36 heavy (non-hydrogen) atoms. The third kappa shape index (κ3) is 9.96. The number of hydrogen-bond acceptors (Lipinski definition) is 8. The number of alkyl carbamates (subject to hydrolysis) is 2. The summed E-state index contributed by atoms with van der Waals surface area (Å²) in [4.78, 5) is 50.0. The fourth-order valence-electron chi connectivity index (χ4n) is 3.90. The lowest BCUT2D eigenvalue weighted by atomic mass is 9.81. The summed E-state index contributed by atoms with van der Waals surface area (Å²) in [6.07, 6.45) is 1.83. The number of amides is 3. The van der Waals surface area contributed by atoms with E-state index in [9.17, 15) is 19.2 Å². The van der Waals surface area contributed by atoms with E-state index in [0.717, 1.165) is 5.56 Å². The van der Waals surface area contributed by atoms with Gasteiger partial charge in [-0.2, -0.15) is 11.8 Å². The largest absolute Gasteiger partial charge is 0.469 e. The standard InChI is InChI=1S/C25H37N3O7S/c1-25(2,3)35-24(32)26-17-11-12-19(18(13-17)22(30)33-4)27-21(29)20(15-36-5)28-23(31)34-14-16-9-7-6-8-10-16/h6-10,17-20H,11-15H2,1-5H3,(H,26,32)(H,27,29)(H,28,31)/t17-,18-,19+,20+/m1/s1. The number of esters is 1. The molecule has 0 heterocycles. The van der Waals surface area contributed by atoms with Crippen molar-refractivity contribution in [1.82, 2.24) is 16.0 Å². The second-order valence-corrected chi connectivity index (χ2v) is 10.5. The zero-order chi connectivity index (χ0) is 26.7. The van der Waals surface area contributed by atoms with Gasteiger partial charge < -0.3 is 30.2 Å². The second-order valence-electron chi connectivity index (χ2n) is 9.61. The highest BCUT2D eigenvalue weighted by molar-refractivity contribution is 7.98. The molecular formula is C25H37N3O7S. The van der Waals surface area contributed by atoms with Gasteiger partial charge in [-0.15, -0.1) is 0 Å². The summed E-state index contributed by atoms with van der Waals surface area (Å²) >= 11 is 1.40. The number of benzene rings is 1. The minimum Gasteiger partial charge on any atom is -0.469 e. The van der Waals surface area contributed by atoms with E-state index in [1.165, 1.54) is 18.9 Å². The van der Waals surface area contributed by atoms with Crippen molar-refractivity contribution in [3.05, 3.63) is 35.9 Å². The third-order valence-electron chi connectivity index (χ3n) is 5.56. The molecule has 2 rings (SSSR count). The van der Waals surface area contributed by atoms with E-state index in [2.05, 4.69) is 16.0 Å². The summed E-state index contributed by atoms with van der Waals surface area (Å²) in [5, 5.41) is 8.30. The van der Waals surface area contributed by atoms with Crippen molar-refractivity contribution in [3.63, 3.8) is 0 Å². The minimum atomic E-state index is -0.848. The fourth-order valence-corrected chi connectivity index (χ4v) is 4.47. The van der Waals surface area contributed by atoms with Crippen LogP contribution >= 0.6 is 11.8 Å². The average Bonchev–Trinajstić information content (AvgIpc) is 2.82. The SMILES string of the molecule is COC(=O)[C@@H]1C[C@H](NC(=O)OC(C)(C)C)CC[C@@H]1NC(=O)[C@H](CSC)NC(=O)OCc1ccccc1. The lowest BCUT2D eigenvalue weighted by Crippen LogP contribution is -2.56. The van der Waals surface area contributed by atoms with Crippen LogP contribution in [0, 0.1) is 5.92 Å². The zero-order valence-electron chi connectivity index (χ0n) is 21.5. The lowest BCUT2D eigenvalue weighted by molar-refractivity contribution is -0.148. The van der Waals surface area contributed by atoms with Crippen molar-refractivity contribution < 1.29 is 33.4 Å². The van der Waals surface area contributed by atoms with Crippen molar-refractivity contribution in [2.75, 3.05) is 19.1 Å². The predicted molar refractivity (Wildman–Crippen MR) is 136 cm³/mol. The molecule has 1 aliphatic rings. The van der Waals surface area contributed by atoms with Crippen LogP contribution in [-0.4, -0.2) is 66.9 Å². The Labute approximate surface area is 216 Å². The third-order valence-corrected chi connectivity index (χ3v) is 6.22. The van der Waals surface area contributed by atoms with Crippen LogP contribution in [0.2, 0.25) is 0 Å². The van der Waals surface area contributed by atoms with Crippen LogP contribution in [0.1, 0.15) is 45.6 Å². The van der Waals surface area contributed by atoms with Crippen LogP contribution in [0.3, 0.4) is 0 Å². The number of carbonyl (C=O) groups is 4. The van der Waals surface area contributed by atoms with Crippen LogP contribution in [0.4, 0.5) is 9.59 Å². The molecule has 0 spiro atoms. The monoisotopic (exact) mass is 523 g/mol. The van der Waals surface area contributed by atoms with Crippen molar-refractivity contribution in [2.45, 2.75) is 70.4 Å². The van der Waals surface area contributed by atoms with E-state index in [0.29, 0.717) is 18.6 Å². The molecular weight excluding hydrogens is 486 g/mol. The van der Waals surface area contributed by atoms with Crippen LogP contribution < -0.4 is 16.0 Å². The van der Waals surface area contributed by atoms with Gasteiger partial charge in [-0.1, -0.05) is 30.3 Å². The first-order valence-corrected chi connectivity index (χ1v) is 13.3. The molecule has 1 saturated carbocycles. The molecule has 0 aliphatic heterocycles. The molecule has 0 aromatic heterocycles. The first-order chi connectivity index (χ1) is 17.0. The van der Waals surface area contributed by atoms with E-state index in [1.54, 1.807) is 20.8 Å². The van der Waals surface area contributed by atoms with Gasteiger partial charge in [0.15, 0.2) is 0 Å². The molecule has 0 bridgehead atoms. The van der Waals surface area contributed by atoms with E-state index < -0.39 is 47.7 Å². The highest BCUT2D eigenvalue weighted by Crippen LogP contribution is 2.27. The van der Waals surface area contributed by atoms with Gasteiger partial charge in [-0.05, 0) is 51.9 Å². The Morgan fingerprint density at radius 2 is 1.75 bits per heavy atom. The maximum atomic E-state index is 13.0. The molecule has 11 heteroatoms. The van der Waals surface area contributed by atoms with Gasteiger partial charge in [0, 0.05) is 17.8 Å². The summed E-state index contributed by atoms with van der Waals surface area (Å²) in [6.45, 7) is 5.39. The van der Waals surface area contributed by atoms with E-state index in [4.69, 9.17) is 14.2 Å². The Morgan fingerprint density at radius 3 is 2.36 bits per heavy atom. The first-order valence-electron chi connectivity index (χ1n) is 11.9. The van der Waals surface area contributed by atoms with Gasteiger partial charge in [0.2, 0.25) is 5.91 Å². The van der Waals surface area contributed by atoms with Gasteiger partial charge in [-0.3, -0.25) is 9.59 Å². The van der Waals surface area contributed by atoms with Crippen LogP contribution in [0.15, 0.2) is 30.3 Å². The van der Waals surface area contributed by atoms with Crippen molar-refractivity contribution >= 4 is 35.8 Å². The normalized spacial score (nSPS) is 20.4. The Hall–Kier alpha value is -2.95. The summed E-state index contributed by atoms with van der Waals surface area (Å²) in [7, 11) is 1.28. The number of ether oxygens (including phenoxy) is 3. The molecule has 1 fully saturated rings. The molecule has 1 aromatic carbocycles. The van der Waals surface area contributed by atoms with Crippen LogP contribution in [0.5, 0.6) is 0 Å². The van der Waals surface area contributed by atoms with Gasteiger partial charge in [0.25, 0.3) is 0 Å². The minimum absolute atomic E-state index is 0.0827. The molecule has 0 radical (unpaired) electrons. The molecule has 3 amide bonds. The van der Waals surface area contributed by atoms with Crippen LogP contribution in [-0.2, 0) is 30.4 Å². The summed E-state index contributed by atoms with van der Waals surface area (Å²) in [6, 6.07) is 7.57. The fraction of sp³-hybridized carbons (Fsp3) is 0.600. The number of thioether (sulfide) groups is 1. The van der Waals surface area contributed by atoms with Crippen molar-refractivity contribution in [1.29, 1.82) is 0 Å². The number of methoxy groups -OCH3 is 1. The quantitative estimate of drug-likeness (QED) is 0.332. The molecule has 0 saturated heterocycles. The Bertz CT molecular complexity index is 891. The maximum Gasteiger partial charge on any atom is 0.408 e. The molecule has 1 aromatic rings. The van der Waals surface area contributed by atoms with Gasteiger partial charge >= 0.3 is 18.2 Å². The maximum absolute atomic E-state index is 13.0. The van der Waals surface area contributed by atoms with E-state index in [1.807, 2.05) is 36.6 Å². The summed E-state index contributed by atoms with van der Waals surface area (Å²) in [5.41, 5.74) is 0.189. The second kappa shape index (κ2) is 14.0. The first kappa shape index (κ1) is 29.3. The zero-order valence-corrected chi connectivity index (χ0v) is 22.3. The molecule has 1 aliphatic carbocycles. The van der Waals surface area contributed by atoms with Crippen LogP contribution in [0.25, 0.3) is 0 Å². The molecule has 10 nitrogen and oxygen atoms in total. The Kier molecular flexibility index (Phi) is 11.4.